The highest BCUT2D eigenvalue weighted by atomic mass is 16.3. The Morgan fingerprint density at radius 2 is 2.07 bits per heavy atom. The fraction of sp³-hybridized carbons (Fsp3) is 0.364. The minimum atomic E-state index is -0.199. The van der Waals surface area contributed by atoms with Crippen molar-refractivity contribution >= 4 is 11.6 Å². The summed E-state index contributed by atoms with van der Waals surface area (Å²) in [7, 11) is 0. The van der Waals surface area contributed by atoms with Crippen molar-refractivity contribution in [2.45, 2.75) is 13.0 Å². The Balaban J connectivity index is 2.29. The molecule has 1 aromatic rings. The minimum absolute atomic E-state index is 0.0446. The molecule has 0 heterocycles. The maximum absolute atomic E-state index is 11.3. The van der Waals surface area contributed by atoms with Crippen molar-refractivity contribution in [1.29, 1.82) is 0 Å². The van der Waals surface area contributed by atoms with Gasteiger partial charge in [0.05, 0.1) is 13.2 Å². The normalized spacial score (nSPS) is 11.9. The highest BCUT2D eigenvalue weighted by Gasteiger charge is 2.04. The first-order chi connectivity index (χ1) is 7.22. The number of rotatable bonds is 5. The number of carbonyl (C=O) groups excluding carboxylic acids is 1. The Morgan fingerprint density at radius 3 is 2.67 bits per heavy atom. The summed E-state index contributed by atoms with van der Waals surface area (Å²) in [5.74, 6) is -0.125. The van der Waals surface area contributed by atoms with Gasteiger partial charge in [0.1, 0.15) is 0 Å². The number of carbonyl (C=O) groups is 1. The summed E-state index contributed by atoms with van der Waals surface area (Å²) in [6.45, 7) is 1.92. The van der Waals surface area contributed by atoms with Gasteiger partial charge < -0.3 is 15.7 Å². The molecule has 1 aromatic carbocycles. The van der Waals surface area contributed by atoms with Crippen molar-refractivity contribution < 1.29 is 9.90 Å². The first-order valence-electron chi connectivity index (χ1n) is 4.91. The number of amides is 1. The van der Waals surface area contributed by atoms with E-state index in [9.17, 15) is 4.79 Å². The molecule has 0 saturated heterocycles. The molecule has 82 valence electrons. The van der Waals surface area contributed by atoms with E-state index in [2.05, 4.69) is 10.6 Å². The summed E-state index contributed by atoms with van der Waals surface area (Å²) in [4.78, 5) is 11.3. The summed E-state index contributed by atoms with van der Waals surface area (Å²) in [5, 5.41) is 14.4. The van der Waals surface area contributed by atoms with E-state index in [0.29, 0.717) is 0 Å². The maximum Gasteiger partial charge on any atom is 0.239 e. The van der Waals surface area contributed by atoms with E-state index in [1.165, 1.54) is 0 Å². The third-order valence-electron chi connectivity index (χ3n) is 1.91. The Bertz CT molecular complexity index is 301. The molecule has 0 spiro atoms. The van der Waals surface area contributed by atoms with Crippen molar-refractivity contribution in [3.63, 3.8) is 0 Å². The molecule has 1 rings (SSSR count). The lowest BCUT2D eigenvalue weighted by atomic mass is 10.3. The lowest BCUT2D eigenvalue weighted by Gasteiger charge is -2.11. The lowest BCUT2D eigenvalue weighted by molar-refractivity contribution is -0.120. The number of anilines is 1. The molecule has 1 atom stereocenters. The van der Waals surface area contributed by atoms with E-state index in [-0.39, 0.29) is 25.1 Å². The van der Waals surface area contributed by atoms with Crippen LogP contribution < -0.4 is 10.6 Å². The SMILES string of the molecule is CC(CO)NC(=O)CNc1ccccc1. The van der Waals surface area contributed by atoms with Crippen LogP contribution in [0.2, 0.25) is 0 Å². The number of benzene rings is 1. The largest absolute Gasteiger partial charge is 0.394 e. The molecule has 0 bridgehead atoms. The van der Waals surface area contributed by atoms with Crippen molar-refractivity contribution in [1.82, 2.24) is 5.32 Å². The Labute approximate surface area is 89.3 Å². The molecule has 0 aliphatic carbocycles. The summed E-state index contributed by atoms with van der Waals surface area (Å²) < 4.78 is 0. The smallest absolute Gasteiger partial charge is 0.239 e. The van der Waals surface area contributed by atoms with Crippen LogP contribution in [0.1, 0.15) is 6.92 Å². The number of nitrogens with one attached hydrogen (secondary N) is 2. The molecular weight excluding hydrogens is 192 g/mol. The van der Waals surface area contributed by atoms with E-state index < -0.39 is 0 Å². The zero-order valence-corrected chi connectivity index (χ0v) is 8.73. The quantitative estimate of drug-likeness (QED) is 0.664. The molecule has 4 nitrogen and oxygen atoms in total. The molecular formula is C11H16N2O2. The molecule has 0 aliphatic rings. The fourth-order valence-electron chi connectivity index (χ4n) is 1.11. The third-order valence-corrected chi connectivity index (χ3v) is 1.91. The van der Waals surface area contributed by atoms with Crippen LogP contribution in [0, 0.1) is 0 Å². The number of aliphatic hydroxyl groups excluding tert-OH is 1. The topological polar surface area (TPSA) is 61.4 Å². The summed E-state index contributed by atoms with van der Waals surface area (Å²) in [6.07, 6.45) is 0. The van der Waals surface area contributed by atoms with Gasteiger partial charge in [-0.1, -0.05) is 18.2 Å². The van der Waals surface area contributed by atoms with Crippen LogP contribution in [0.25, 0.3) is 0 Å². The molecule has 0 aliphatic heterocycles. The Hall–Kier alpha value is -1.55. The van der Waals surface area contributed by atoms with Crippen LogP contribution in [0.5, 0.6) is 0 Å². The standard InChI is InChI=1S/C11H16N2O2/c1-9(8-14)13-11(15)7-12-10-5-3-2-4-6-10/h2-6,9,12,14H,7-8H2,1H3,(H,13,15). The molecule has 1 amide bonds. The summed E-state index contributed by atoms with van der Waals surface area (Å²) in [5.41, 5.74) is 0.907. The van der Waals surface area contributed by atoms with Crippen LogP contribution in [-0.4, -0.2) is 30.2 Å². The average molecular weight is 208 g/mol. The van der Waals surface area contributed by atoms with Crippen LogP contribution in [-0.2, 0) is 4.79 Å². The second-order valence-electron chi connectivity index (χ2n) is 3.37. The molecule has 4 heteroatoms. The first-order valence-corrected chi connectivity index (χ1v) is 4.91. The molecule has 1 unspecified atom stereocenters. The molecule has 0 aromatic heterocycles. The second kappa shape index (κ2) is 6.03. The van der Waals surface area contributed by atoms with Crippen molar-refractivity contribution in [2.24, 2.45) is 0 Å². The number of para-hydroxylation sites is 1. The van der Waals surface area contributed by atoms with Gasteiger partial charge in [-0.3, -0.25) is 4.79 Å². The average Bonchev–Trinajstić information content (AvgIpc) is 2.27. The highest BCUT2D eigenvalue weighted by molar-refractivity contribution is 5.80. The van der Waals surface area contributed by atoms with Crippen LogP contribution in [0.3, 0.4) is 0 Å². The van der Waals surface area contributed by atoms with Crippen molar-refractivity contribution in [3.8, 4) is 0 Å². The molecule has 0 saturated carbocycles. The van der Waals surface area contributed by atoms with Gasteiger partial charge in [0, 0.05) is 11.7 Å². The van der Waals surface area contributed by atoms with Crippen LogP contribution in [0.4, 0.5) is 5.69 Å². The molecule has 3 N–H and O–H groups in total. The fourth-order valence-corrected chi connectivity index (χ4v) is 1.11. The van der Waals surface area contributed by atoms with Gasteiger partial charge in [-0.05, 0) is 19.1 Å². The van der Waals surface area contributed by atoms with E-state index in [1.807, 2.05) is 30.3 Å². The van der Waals surface area contributed by atoms with Crippen molar-refractivity contribution in [3.05, 3.63) is 30.3 Å². The van der Waals surface area contributed by atoms with Gasteiger partial charge in [0.25, 0.3) is 0 Å². The summed E-state index contributed by atoms with van der Waals surface area (Å²) >= 11 is 0. The lowest BCUT2D eigenvalue weighted by Crippen LogP contribution is -2.38. The minimum Gasteiger partial charge on any atom is -0.394 e. The van der Waals surface area contributed by atoms with Crippen LogP contribution in [0.15, 0.2) is 30.3 Å². The third kappa shape index (κ3) is 4.46. The van der Waals surface area contributed by atoms with Gasteiger partial charge in [0.2, 0.25) is 5.91 Å². The monoisotopic (exact) mass is 208 g/mol. The van der Waals surface area contributed by atoms with Crippen LogP contribution >= 0.6 is 0 Å². The zero-order chi connectivity index (χ0) is 11.1. The van der Waals surface area contributed by atoms with Gasteiger partial charge in [-0.25, -0.2) is 0 Å². The van der Waals surface area contributed by atoms with Gasteiger partial charge in [-0.15, -0.1) is 0 Å². The number of hydrogen-bond acceptors (Lipinski definition) is 3. The summed E-state index contributed by atoms with van der Waals surface area (Å²) in [6, 6.07) is 9.30. The van der Waals surface area contributed by atoms with E-state index in [1.54, 1.807) is 6.92 Å². The first kappa shape index (κ1) is 11.5. The predicted octanol–water partition coefficient (Wildman–Crippen LogP) is 0.595. The Kier molecular flexibility index (Phi) is 4.63. The van der Waals surface area contributed by atoms with E-state index in [4.69, 9.17) is 5.11 Å². The predicted molar refractivity (Wildman–Crippen MR) is 59.6 cm³/mol. The molecule has 15 heavy (non-hydrogen) atoms. The van der Waals surface area contributed by atoms with Gasteiger partial charge >= 0.3 is 0 Å². The van der Waals surface area contributed by atoms with Gasteiger partial charge in [0.15, 0.2) is 0 Å². The maximum atomic E-state index is 11.3. The molecule has 0 fully saturated rings. The molecule has 0 radical (unpaired) electrons. The van der Waals surface area contributed by atoms with Crippen molar-refractivity contribution in [2.75, 3.05) is 18.5 Å². The van der Waals surface area contributed by atoms with E-state index in [0.717, 1.165) is 5.69 Å². The second-order valence-corrected chi connectivity index (χ2v) is 3.37. The zero-order valence-electron chi connectivity index (χ0n) is 8.73. The van der Waals surface area contributed by atoms with Gasteiger partial charge in [-0.2, -0.15) is 0 Å². The number of aliphatic hydroxyl groups is 1. The number of hydrogen-bond donors (Lipinski definition) is 3. The highest BCUT2D eigenvalue weighted by Crippen LogP contribution is 2.03. The van der Waals surface area contributed by atoms with E-state index >= 15 is 0 Å². The Morgan fingerprint density at radius 1 is 1.40 bits per heavy atom.